The lowest BCUT2D eigenvalue weighted by Crippen LogP contribution is -1.97. The van der Waals surface area contributed by atoms with Gasteiger partial charge in [-0.2, -0.15) is 0 Å². The molecule has 2 rings (SSSR count). The Hall–Kier alpha value is -1.81. The summed E-state index contributed by atoms with van der Waals surface area (Å²) in [6.07, 6.45) is 0. The zero-order valence-electron chi connectivity index (χ0n) is 8.32. The predicted octanol–water partition coefficient (Wildman–Crippen LogP) is 2.52. The number of aliphatic hydroxyl groups excluding tert-OH is 1. The maximum Gasteiger partial charge on any atom is 0.147 e. The van der Waals surface area contributed by atoms with Crippen molar-refractivity contribution in [1.29, 1.82) is 0 Å². The largest absolute Gasteiger partial charge is 0.390 e. The highest BCUT2D eigenvalue weighted by molar-refractivity contribution is 5.59. The Kier molecular flexibility index (Phi) is 2.92. The van der Waals surface area contributed by atoms with E-state index in [-0.39, 0.29) is 11.3 Å². The Labute approximate surface area is 91.2 Å². The molecular formula is C12H9F2NO. The standard InChI is InChI=1S/C12H9F2NO/c13-9-4-2-1-3-8(9)11-6-5-10(14)12(7-16)15-11/h1-6,16H,7H2. The van der Waals surface area contributed by atoms with Crippen molar-refractivity contribution in [2.75, 3.05) is 0 Å². The third-order valence-corrected chi connectivity index (χ3v) is 2.22. The topological polar surface area (TPSA) is 33.1 Å². The molecule has 0 radical (unpaired) electrons. The van der Waals surface area contributed by atoms with Crippen LogP contribution in [0.5, 0.6) is 0 Å². The van der Waals surface area contributed by atoms with Crippen LogP contribution in [0.3, 0.4) is 0 Å². The van der Waals surface area contributed by atoms with Gasteiger partial charge in [0.05, 0.1) is 12.3 Å². The van der Waals surface area contributed by atoms with E-state index in [1.807, 2.05) is 0 Å². The highest BCUT2D eigenvalue weighted by Crippen LogP contribution is 2.21. The fourth-order valence-electron chi connectivity index (χ4n) is 1.41. The zero-order valence-corrected chi connectivity index (χ0v) is 8.32. The molecule has 0 amide bonds. The van der Waals surface area contributed by atoms with E-state index in [9.17, 15) is 8.78 Å². The number of nitrogens with zero attached hydrogens (tertiary/aromatic N) is 1. The Balaban J connectivity index is 2.53. The van der Waals surface area contributed by atoms with Gasteiger partial charge in [0, 0.05) is 5.56 Å². The van der Waals surface area contributed by atoms with Crippen LogP contribution in [0.25, 0.3) is 11.3 Å². The van der Waals surface area contributed by atoms with Crippen LogP contribution in [-0.4, -0.2) is 10.1 Å². The molecule has 0 fully saturated rings. The van der Waals surface area contributed by atoms with Crippen LogP contribution in [-0.2, 0) is 6.61 Å². The van der Waals surface area contributed by atoms with Crippen LogP contribution in [0.2, 0.25) is 0 Å². The molecule has 0 spiro atoms. The summed E-state index contributed by atoms with van der Waals surface area (Å²) < 4.78 is 26.5. The molecule has 0 unspecified atom stereocenters. The molecule has 0 saturated heterocycles. The van der Waals surface area contributed by atoms with Gasteiger partial charge >= 0.3 is 0 Å². The second-order valence-electron chi connectivity index (χ2n) is 3.26. The van der Waals surface area contributed by atoms with E-state index in [4.69, 9.17) is 5.11 Å². The van der Waals surface area contributed by atoms with Crippen molar-refractivity contribution in [2.45, 2.75) is 6.61 Å². The lowest BCUT2D eigenvalue weighted by Gasteiger charge is -2.04. The van der Waals surface area contributed by atoms with Crippen molar-refractivity contribution < 1.29 is 13.9 Å². The number of halogens is 2. The summed E-state index contributed by atoms with van der Waals surface area (Å²) in [6, 6.07) is 8.64. The molecule has 2 aromatic rings. The van der Waals surface area contributed by atoms with Gasteiger partial charge in [-0.05, 0) is 24.3 Å². The number of rotatable bonds is 2. The smallest absolute Gasteiger partial charge is 0.147 e. The lowest BCUT2D eigenvalue weighted by molar-refractivity contribution is 0.270. The summed E-state index contributed by atoms with van der Waals surface area (Å²) in [5, 5.41) is 8.86. The normalized spacial score (nSPS) is 10.4. The Morgan fingerprint density at radius 2 is 1.75 bits per heavy atom. The molecule has 16 heavy (non-hydrogen) atoms. The maximum atomic E-state index is 13.4. The van der Waals surface area contributed by atoms with Crippen LogP contribution < -0.4 is 0 Å². The Morgan fingerprint density at radius 1 is 1.00 bits per heavy atom. The third-order valence-electron chi connectivity index (χ3n) is 2.22. The van der Waals surface area contributed by atoms with Crippen molar-refractivity contribution in [1.82, 2.24) is 4.98 Å². The highest BCUT2D eigenvalue weighted by atomic mass is 19.1. The average Bonchev–Trinajstić information content (AvgIpc) is 2.31. The summed E-state index contributed by atoms with van der Waals surface area (Å²) in [4.78, 5) is 3.86. The molecule has 4 heteroatoms. The van der Waals surface area contributed by atoms with Crippen molar-refractivity contribution >= 4 is 0 Å². The van der Waals surface area contributed by atoms with Crippen LogP contribution >= 0.6 is 0 Å². The minimum atomic E-state index is -0.595. The first kappa shape index (κ1) is 10.7. The van der Waals surface area contributed by atoms with Gasteiger partial charge < -0.3 is 5.11 Å². The van der Waals surface area contributed by atoms with E-state index >= 15 is 0 Å². The first-order valence-corrected chi connectivity index (χ1v) is 4.73. The molecule has 82 valence electrons. The summed E-state index contributed by atoms with van der Waals surface area (Å²) in [5.74, 6) is -1.02. The first-order valence-electron chi connectivity index (χ1n) is 4.73. The SMILES string of the molecule is OCc1nc(-c2ccccc2F)ccc1F. The first-order chi connectivity index (χ1) is 7.72. The van der Waals surface area contributed by atoms with E-state index in [0.717, 1.165) is 0 Å². The monoisotopic (exact) mass is 221 g/mol. The highest BCUT2D eigenvalue weighted by Gasteiger charge is 2.09. The van der Waals surface area contributed by atoms with E-state index < -0.39 is 18.2 Å². The number of benzene rings is 1. The number of hydrogen-bond donors (Lipinski definition) is 1. The van der Waals surface area contributed by atoms with Gasteiger partial charge in [0.25, 0.3) is 0 Å². The second-order valence-corrected chi connectivity index (χ2v) is 3.26. The van der Waals surface area contributed by atoms with Crippen LogP contribution in [0, 0.1) is 11.6 Å². The Bertz CT molecular complexity index is 514. The maximum absolute atomic E-state index is 13.4. The van der Waals surface area contributed by atoms with Gasteiger partial charge in [0.2, 0.25) is 0 Å². The minimum absolute atomic E-state index is 0.0826. The molecule has 0 saturated carbocycles. The number of aliphatic hydroxyl groups is 1. The fourth-order valence-corrected chi connectivity index (χ4v) is 1.41. The van der Waals surface area contributed by atoms with Gasteiger partial charge in [0.15, 0.2) is 0 Å². The Morgan fingerprint density at radius 3 is 2.44 bits per heavy atom. The van der Waals surface area contributed by atoms with Crippen molar-refractivity contribution in [3.63, 3.8) is 0 Å². The molecular weight excluding hydrogens is 212 g/mol. The quantitative estimate of drug-likeness (QED) is 0.845. The van der Waals surface area contributed by atoms with Crippen LogP contribution in [0.15, 0.2) is 36.4 Å². The lowest BCUT2D eigenvalue weighted by atomic mass is 10.1. The number of pyridine rings is 1. The van der Waals surface area contributed by atoms with Crippen LogP contribution in [0.1, 0.15) is 5.69 Å². The third kappa shape index (κ3) is 1.92. The fraction of sp³-hybridized carbons (Fsp3) is 0.0833. The molecule has 1 aromatic heterocycles. The molecule has 0 aliphatic rings. The molecule has 1 heterocycles. The van der Waals surface area contributed by atoms with E-state index in [2.05, 4.69) is 4.98 Å². The summed E-state index contributed by atoms with van der Waals surface area (Å²) in [7, 11) is 0. The van der Waals surface area contributed by atoms with Crippen molar-refractivity contribution in [3.05, 3.63) is 53.7 Å². The van der Waals surface area contributed by atoms with E-state index in [0.29, 0.717) is 5.69 Å². The van der Waals surface area contributed by atoms with E-state index in [1.54, 1.807) is 18.2 Å². The minimum Gasteiger partial charge on any atom is -0.390 e. The average molecular weight is 221 g/mol. The summed E-state index contributed by atoms with van der Waals surface area (Å²) in [5.41, 5.74) is 0.515. The molecule has 1 N–H and O–H groups in total. The van der Waals surface area contributed by atoms with Crippen molar-refractivity contribution in [3.8, 4) is 11.3 Å². The van der Waals surface area contributed by atoms with Gasteiger partial charge in [-0.3, -0.25) is 0 Å². The number of aromatic nitrogens is 1. The molecule has 0 atom stereocenters. The number of hydrogen-bond acceptors (Lipinski definition) is 2. The predicted molar refractivity (Wildman–Crippen MR) is 55.5 cm³/mol. The van der Waals surface area contributed by atoms with E-state index in [1.165, 1.54) is 18.2 Å². The molecule has 0 aliphatic heterocycles. The summed E-state index contributed by atoms with van der Waals surface area (Å²) >= 11 is 0. The molecule has 2 nitrogen and oxygen atoms in total. The zero-order chi connectivity index (χ0) is 11.5. The van der Waals surface area contributed by atoms with Gasteiger partial charge in [-0.25, -0.2) is 13.8 Å². The second kappa shape index (κ2) is 4.37. The van der Waals surface area contributed by atoms with Gasteiger partial charge in [0.1, 0.15) is 17.3 Å². The molecule has 1 aromatic carbocycles. The summed E-state index contributed by atoms with van der Waals surface area (Å²) in [6.45, 7) is -0.506. The van der Waals surface area contributed by atoms with Crippen molar-refractivity contribution in [2.24, 2.45) is 0 Å². The van der Waals surface area contributed by atoms with Crippen LogP contribution in [0.4, 0.5) is 8.78 Å². The van der Waals surface area contributed by atoms with Gasteiger partial charge in [-0.1, -0.05) is 12.1 Å². The molecule has 0 aliphatic carbocycles. The van der Waals surface area contributed by atoms with Gasteiger partial charge in [-0.15, -0.1) is 0 Å². The molecule has 0 bridgehead atoms.